The molecule has 1 aromatic heterocycles. The van der Waals surface area contributed by atoms with Crippen molar-refractivity contribution >= 4 is 28.3 Å². The molecular weight excluding hydrogens is 262 g/mol. The van der Waals surface area contributed by atoms with Crippen molar-refractivity contribution in [2.75, 3.05) is 18.4 Å². The van der Waals surface area contributed by atoms with Crippen LogP contribution >= 0.6 is 11.3 Å². The zero-order chi connectivity index (χ0) is 14.4. The first-order valence-electron chi connectivity index (χ1n) is 6.19. The van der Waals surface area contributed by atoms with Gasteiger partial charge in [-0.3, -0.25) is 9.59 Å². The molecule has 0 atom stereocenters. The van der Waals surface area contributed by atoms with Gasteiger partial charge < -0.3 is 10.2 Å². The van der Waals surface area contributed by atoms with Crippen molar-refractivity contribution in [1.82, 2.24) is 9.88 Å². The van der Waals surface area contributed by atoms with Gasteiger partial charge in [0.2, 0.25) is 11.8 Å². The summed E-state index contributed by atoms with van der Waals surface area (Å²) in [7, 11) is 0. The van der Waals surface area contributed by atoms with Crippen LogP contribution in [0.1, 0.15) is 24.4 Å². The lowest BCUT2D eigenvalue weighted by molar-refractivity contribution is -0.130. The predicted octanol–water partition coefficient (Wildman–Crippen LogP) is 1.99. The fraction of sp³-hybridized carbons (Fsp3) is 0.462. The molecule has 1 heterocycles. The lowest BCUT2D eigenvalue weighted by atomic mass is 10.3. The number of carbonyl (C=O) groups is 2. The highest BCUT2D eigenvalue weighted by molar-refractivity contribution is 7.15. The second kappa shape index (κ2) is 7.04. The van der Waals surface area contributed by atoms with Crippen molar-refractivity contribution in [3.05, 3.63) is 23.2 Å². The van der Waals surface area contributed by atoms with Crippen LogP contribution in [0.2, 0.25) is 0 Å². The Bertz CT molecular complexity index is 482. The molecule has 0 saturated carbocycles. The van der Waals surface area contributed by atoms with Gasteiger partial charge in [-0.25, -0.2) is 4.98 Å². The van der Waals surface area contributed by atoms with E-state index in [1.165, 1.54) is 22.3 Å². The monoisotopic (exact) mass is 281 g/mol. The number of anilines is 1. The minimum atomic E-state index is -0.248. The smallest absolute Gasteiger partial charge is 0.246 e. The van der Waals surface area contributed by atoms with E-state index >= 15 is 0 Å². The van der Waals surface area contributed by atoms with E-state index in [2.05, 4.69) is 16.9 Å². The summed E-state index contributed by atoms with van der Waals surface area (Å²) in [4.78, 5) is 30.1. The van der Waals surface area contributed by atoms with E-state index in [0.717, 1.165) is 17.0 Å². The molecule has 0 bridgehead atoms. The van der Waals surface area contributed by atoms with Gasteiger partial charge in [-0.15, -0.1) is 11.3 Å². The first kappa shape index (κ1) is 15.4. The van der Waals surface area contributed by atoms with E-state index in [1.54, 1.807) is 0 Å². The average Bonchev–Trinajstić information content (AvgIpc) is 2.74. The second-order valence-corrected chi connectivity index (χ2v) is 5.18. The standard InChI is InChI=1S/C13H19N3O2S/c1-5-10-9(4)19-13(14-10)15-11(17)8-16(7-3)12(18)6-2/h6H,2,5,7-8H2,1,3-4H3,(H,14,15,17). The number of hydrogen-bond donors (Lipinski definition) is 1. The molecule has 0 unspecified atom stereocenters. The van der Waals surface area contributed by atoms with Crippen molar-refractivity contribution in [3.8, 4) is 0 Å². The molecule has 0 aliphatic heterocycles. The molecule has 1 aromatic rings. The zero-order valence-corrected chi connectivity index (χ0v) is 12.3. The van der Waals surface area contributed by atoms with Gasteiger partial charge in [0.15, 0.2) is 5.13 Å². The third-order valence-corrected chi connectivity index (χ3v) is 3.60. The molecule has 6 heteroatoms. The maximum absolute atomic E-state index is 11.8. The predicted molar refractivity (Wildman–Crippen MR) is 77.3 cm³/mol. The van der Waals surface area contributed by atoms with Gasteiger partial charge in [0.25, 0.3) is 0 Å². The number of nitrogens with one attached hydrogen (secondary N) is 1. The summed E-state index contributed by atoms with van der Waals surface area (Å²) in [5.74, 6) is -0.490. The first-order valence-corrected chi connectivity index (χ1v) is 7.00. The summed E-state index contributed by atoms with van der Waals surface area (Å²) in [6.07, 6.45) is 2.05. The summed E-state index contributed by atoms with van der Waals surface area (Å²) >= 11 is 1.45. The normalized spacial score (nSPS) is 10.1. The molecule has 0 radical (unpaired) electrons. The van der Waals surface area contributed by atoms with E-state index in [0.29, 0.717) is 11.7 Å². The molecule has 104 valence electrons. The molecule has 19 heavy (non-hydrogen) atoms. The van der Waals surface area contributed by atoms with Crippen molar-refractivity contribution in [2.45, 2.75) is 27.2 Å². The fourth-order valence-electron chi connectivity index (χ4n) is 1.62. The summed E-state index contributed by atoms with van der Waals surface area (Å²) in [6, 6.07) is 0. The number of thiazole rings is 1. The van der Waals surface area contributed by atoms with Crippen LogP contribution in [-0.2, 0) is 16.0 Å². The van der Waals surface area contributed by atoms with E-state index in [-0.39, 0.29) is 18.4 Å². The highest BCUT2D eigenvalue weighted by atomic mass is 32.1. The van der Waals surface area contributed by atoms with E-state index in [1.807, 2.05) is 20.8 Å². The van der Waals surface area contributed by atoms with Gasteiger partial charge >= 0.3 is 0 Å². The maximum atomic E-state index is 11.8. The Balaban J connectivity index is 2.63. The third-order valence-electron chi connectivity index (χ3n) is 2.68. The number of aromatic nitrogens is 1. The zero-order valence-electron chi connectivity index (χ0n) is 11.5. The van der Waals surface area contributed by atoms with Gasteiger partial charge in [-0.1, -0.05) is 13.5 Å². The Hall–Kier alpha value is -1.69. The van der Waals surface area contributed by atoms with E-state index < -0.39 is 0 Å². The van der Waals surface area contributed by atoms with E-state index in [4.69, 9.17) is 0 Å². The molecule has 0 spiro atoms. The summed E-state index contributed by atoms with van der Waals surface area (Å²) in [5, 5.41) is 3.31. The summed E-state index contributed by atoms with van der Waals surface area (Å²) < 4.78 is 0. The molecule has 0 aliphatic rings. The second-order valence-electron chi connectivity index (χ2n) is 3.98. The largest absolute Gasteiger partial charge is 0.330 e. The van der Waals surface area contributed by atoms with Gasteiger partial charge in [-0.2, -0.15) is 0 Å². The minimum absolute atomic E-state index is 0.0153. The van der Waals surface area contributed by atoms with Crippen LogP contribution in [0.5, 0.6) is 0 Å². The molecule has 0 aromatic carbocycles. The topological polar surface area (TPSA) is 62.3 Å². The Kier molecular flexibility index (Phi) is 5.69. The minimum Gasteiger partial charge on any atom is -0.330 e. The van der Waals surface area contributed by atoms with Crippen LogP contribution in [0.15, 0.2) is 12.7 Å². The SMILES string of the molecule is C=CC(=O)N(CC)CC(=O)Nc1nc(CC)c(C)s1. The van der Waals surface area contributed by atoms with Crippen LogP contribution in [0.3, 0.4) is 0 Å². The first-order chi connectivity index (χ1) is 9.01. The molecule has 1 N–H and O–H groups in total. The van der Waals surface area contributed by atoms with E-state index in [9.17, 15) is 9.59 Å². The van der Waals surface area contributed by atoms with Gasteiger partial charge in [0.1, 0.15) is 6.54 Å². The van der Waals surface area contributed by atoms with Crippen LogP contribution in [0.4, 0.5) is 5.13 Å². The van der Waals surface area contributed by atoms with Gasteiger partial charge in [-0.05, 0) is 26.3 Å². The Labute approximate surface area is 117 Å². The number of aryl methyl sites for hydroxylation is 2. The van der Waals surface area contributed by atoms with Crippen LogP contribution in [0, 0.1) is 6.92 Å². The lowest BCUT2D eigenvalue weighted by Crippen LogP contribution is -2.36. The average molecular weight is 281 g/mol. The number of amides is 2. The highest BCUT2D eigenvalue weighted by Crippen LogP contribution is 2.22. The van der Waals surface area contributed by atoms with Crippen molar-refractivity contribution in [1.29, 1.82) is 0 Å². The molecular formula is C13H19N3O2S. The quantitative estimate of drug-likeness (QED) is 0.811. The number of nitrogens with zero attached hydrogens (tertiary/aromatic N) is 2. The number of rotatable bonds is 6. The van der Waals surface area contributed by atoms with Crippen LogP contribution in [0.25, 0.3) is 0 Å². The molecule has 0 saturated heterocycles. The Morgan fingerprint density at radius 3 is 2.63 bits per heavy atom. The van der Waals surface area contributed by atoms with Gasteiger partial charge in [0.05, 0.1) is 5.69 Å². The lowest BCUT2D eigenvalue weighted by Gasteiger charge is -2.17. The molecule has 1 rings (SSSR count). The number of carbonyl (C=O) groups excluding carboxylic acids is 2. The molecule has 0 fully saturated rings. The van der Waals surface area contributed by atoms with Crippen molar-refractivity contribution in [3.63, 3.8) is 0 Å². The van der Waals surface area contributed by atoms with Crippen molar-refractivity contribution < 1.29 is 9.59 Å². The molecule has 0 aliphatic carbocycles. The summed E-state index contributed by atoms with van der Waals surface area (Å²) in [5.41, 5.74) is 0.995. The van der Waals surface area contributed by atoms with Gasteiger partial charge in [0, 0.05) is 11.4 Å². The number of hydrogen-bond acceptors (Lipinski definition) is 4. The Morgan fingerprint density at radius 1 is 1.47 bits per heavy atom. The number of likely N-dealkylation sites (N-methyl/N-ethyl adjacent to an activating group) is 1. The van der Waals surface area contributed by atoms with Crippen LogP contribution in [-0.4, -0.2) is 34.8 Å². The van der Waals surface area contributed by atoms with Crippen LogP contribution < -0.4 is 5.32 Å². The van der Waals surface area contributed by atoms with Crippen molar-refractivity contribution in [2.24, 2.45) is 0 Å². The molecule has 5 nitrogen and oxygen atoms in total. The third kappa shape index (κ3) is 4.17. The summed E-state index contributed by atoms with van der Waals surface area (Å²) in [6.45, 7) is 9.71. The Morgan fingerprint density at radius 2 is 2.16 bits per heavy atom. The highest BCUT2D eigenvalue weighted by Gasteiger charge is 2.14. The fourth-order valence-corrected chi connectivity index (χ4v) is 2.53. The molecule has 2 amide bonds. The maximum Gasteiger partial charge on any atom is 0.246 e.